The molecule has 0 radical (unpaired) electrons. The van der Waals surface area contributed by atoms with Gasteiger partial charge in [0.1, 0.15) is 0 Å². The molecule has 0 amide bonds. The average molecular weight is 583 g/mol. The zero-order chi connectivity index (χ0) is 29.9. The maximum Gasteiger partial charge on any atom is 0.166 e. The van der Waals surface area contributed by atoms with Crippen LogP contribution in [0.5, 0.6) is 0 Å². The van der Waals surface area contributed by atoms with Crippen molar-refractivity contribution in [2.75, 3.05) is 13.2 Å². The summed E-state index contributed by atoms with van der Waals surface area (Å²) in [6.45, 7) is 4.64. The molecule has 3 aromatic rings. The van der Waals surface area contributed by atoms with Gasteiger partial charge in [0.05, 0.1) is 13.2 Å². The van der Waals surface area contributed by atoms with Crippen molar-refractivity contribution < 1.29 is 27.0 Å². The molecule has 0 bridgehead atoms. The summed E-state index contributed by atoms with van der Waals surface area (Å²) in [6, 6.07) is 12.7. The third-order valence-corrected chi connectivity index (χ3v) is 8.04. The third-order valence-electron chi connectivity index (χ3n) is 8.04. The van der Waals surface area contributed by atoms with E-state index in [-0.39, 0.29) is 36.2 Å². The molecule has 2 nitrogen and oxygen atoms in total. The number of hydrogen-bond donors (Lipinski definition) is 0. The summed E-state index contributed by atoms with van der Waals surface area (Å²) in [5, 5.41) is 0. The van der Waals surface area contributed by atoms with Gasteiger partial charge in [-0.3, -0.25) is 0 Å². The Labute approximate surface area is 247 Å². The molecule has 1 aliphatic heterocycles. The van der Waals surface area contributed by atoms with Crippen LogP contribution in [0.2, 0.25) is 0 Å². The van der Waals surface area contributed by atoms with E-state index in [0.717, 1.165) is 25.7 Å². The van der Waals surface area contributed by atoms with Gasteiger partial charge in [-0.15, -0.1) is 0 Å². The van der Waals surface area contributed by atoms with Crippen molar-refractivity contribution in [2.24, 2.45) is 0 Å². The molecule has 0 N–H and O–H groups in total. The zero-order valence-electron chi connectivity index (χ0n) is 24.7. The Bertz CT molecular complexity index is 1310. The van der Waals surface area contributed by atoms with Crippen LogP contribution in [0.25, 0.3) is 22.3 Å². The molecule has 42 heavy (non-hydrogen) atoms. The van der Waals surface area contributed by atoms with Crippen molar-refractivity contribution in [3.63, 3.8) is 0 Å². The first-order valence-corrected chi connectivity index (χ1v) is 15.3. The van der Waals surface area contributed by atoms with Gasteiger partial charge in [-0.25, -0.2) is 17.6 Å². The lowest BCUT2D eigenvalue weighted by Gasteiger charge is -2.30. The molecule has 0 spiro atoms. The molecule has 1 aliphatic rings. The molecule has 0 atom stereocenters. The molecule has 0 aromatic heterocycles. The van der Waals surface area contributed by atoms with Crippen molar-refractivity contribution >= 4 is 0 Å². The maximum atomic E-state index is 15.2. The standard InChI is InChI=1S/C36H42F4O2/c1-3-5-7-8-9-10-12-13-27-19-20-29(34(38)33(27)37)25-15-17-26(18-16-25)30-21-22-31(36(40)35(30)39)28-23-41-32(42-24-28)14-11-6-4-2/h4,6,15-22,28,32H,3,5,7-14,23-24H2,1-2H3/b6-4+. The first-order valence-electron chi connectivity index (χ1n) is 15.3. The highest BCUT2D eigenvalue weighted by Crippen LogP contribution is 2.34. The van der Waals surface area contributed by atoms with Crippen LogP contribution >= 0.6 is 0 Å². The molecule has 1 heterocycles. The fourth-order valence-electron chi connectivity index (χ4n) is 5.50. The Hall–Kier alpha value is -2.96. The van der Waals surface area contributed by atoms with E-state index in [1.807, 2.05) is 19.1 Å². The lowest BCUT2D eigenvalue weighted by Crippen LogP contribution is -2.31. The Balaban J connectivity index is 1.39. The minimum Gasteiger partial charge on any atom is -0.352 e. The average Bonchev–Trinajstić information content (AvgIpc) is 3.01. The van der Waals surface area contributed by atoms with Crippen molar-refractivity contribution in [3.8, 4) is 22.3 Å². The molecular weight excluding hydrogens is 540 g/mol. The van der Waals surface area contributed by atoms with E-state index in [4.69, 9.17) is 9.47 Å². The monoisotopic (exact) mass is 582 g/mol. The van der Waals surface area contributed by atoms with Gasteiger partial charge in [0, 0.05) is 23.5 Å². The summed E-state index contributed by atoms with van der Waals surface area (Å²) in [6.07, 6.45) is 13.5. The van der Waals surface area contributed by atoms with E-state index in [1.54, 1.807) is 48.5 Å². The van der Waals surface area contributed by atoms with E-state index in [2.05, 4.69) is 6.92 Å². The van der Waals surface area contributed by atoms with Crippen LogP contribution in [-0.4, -0.2) is 19.5 Å². The highest BCUT2D eigenvalue weighted by Gasteiger charge is 2.27. The highest BCUT2D eigenvalue weighted by molar-refractivity contribution is 5.71. The summed E-state index contributed by atoms with van der Waals surface area (Å²) in [4.78, 5) is 0. The summed E-state index contributed by atoms with van der Waals surface area (Å²) in [5.74, 6) is -3.98. The molecule has 226 valence electrons. The van der Waals surface area contributed by atoms with Crippen molar-refractivity contribution in [1.29, 1.82) is 0 Å². The van der Waals surface area contributed by atoms with Crippen LogP contribution in [0.1, 0.15) is 88.7 Å². The molecule has 6 heteroatoms. The fourth-order valence-corrected chi connectivity index (χ4v) is 5.50. The largest absolute Gasteiger partial charge is 0.352 e. The van der Waals surface area contributed by atoms with E-state index >= 15 is 13.2 Å². The summed E-state index contributed by atoms with van der Waals surface area (Å²) in [5.41, 5.74) is 1.76. The number of halogens is 4. The van der Waals surface area contributed by atoms with Crippen LogP contribution in [0.3, 0.4) is 0 Å². The number of aryl methyl sites for hydroxylation is 1. The van der Waals surface area contributed by atoms with Gasteiger partial charge in [0.25, 0.3) is 0 Å². The zero-order valence-corrected chi connectivity index (χ0v) is 24.7. The van der Waals surface area contributed by atoms with Crippen LogP contribution in [-0.2, 0) is 15.9 Å². The molecule has 1 saturated heterocycles. The number of unbranched alkanes of at least 4 members (excludes halogenated alkanes) is 6. The number of allylic oxidation sites excluding steroid dienone is 2. The van der Waals surface area contributed by atoms with Crippen LogP contribution in [0.4, 0.5) is 17.6 Å². The molecule has 0 saturated carbocycles. The maximum absolute atomic E-state index is 15.2. The van der Waals surface area contributed by atoms with Gasteiger partial charge < -0.3 is 9.47 Å². The SMILES string of the molecule is C/C=C/CCC1OCC(c2ccc(-c3ccc(-c4ccc(CCCCCCCCC)c(F)c4F)cc3)c(F)c2F)CO1. The second-order valence-electron chi connectivity index (χ2n) is 11.1. The lowest BCUT2D eigenvalue weighted by atomic mass is 9.94. The third kappa shape index (κ3) is 8.11. The van der Waals surface area contributed by atoms with Crippen LogP contribution in [0, 0.1) is 23.3 Å². The second-order valence-corrected chi connectivity index (χ2v) is 11.1. The van der Waals surface area contributed by atoms with Gasteiger partial charge in [-0.1, -0.05) is 106 Å². The molecule has 3 aromatic carbocycles. The van der Waals surface area contributed by atoms with E-state index in [1.165, 1.54) is 25.7 Å². The summed E-state index contributed by atoms with van der Waals surface area (Å²) < 4.78 is 71.7. The van der Waals surface area contributed by atoms with Gasteiger partial charge in [0.15, 0.2) is 29.6 Å². The Morgan fingerprint density at radius 3 is 1.88 bits per heavy atom. The van der Waals surface area contributed by atoms with Crippen molar-refractivity contribution in [3.05, 3.63) is 95.1 Å². The fraction of sp³-hybridized carbons (Fsp3) is 0.444. The first-order chi connectivity index (χ1) is 20.4. The Morgan fingerprint density at radius 1 is 0.690 bits per heavy atom. The van der Waals surface area contributed by atoms with E-state index in [0.29, 0.717) is 29.5 Å². The normalized spacial score (nSPS) is 17.3. The number of ether oxygens (including phenoxy) is 2. The lowest BCUT2D eigenvalue weighted by molar-refractivity contribution is -0.189. The van der Waals surface area contributed by atoms with Gasteiger partial charge in [-0.05, 0) is 48.4 Å². The smallest absolute Gasteiger partial charge is 0.166 e. The molecular formula is C36H42F4O2. The molecule has 4 rings (SSSR count). The summed E-state index contributed by atoms with van der Waals surface area (Å²) in [7, 11) is 0. The second kappa shape index (κ2) is 16.0. The highest BCUT2D eigenvalue weighted by atomic mass is 19.2. The quantitative estimate of drug-likeness (QED) is 0.107. The first kappa shape index (κ1) is 32.0. The Kier molecular flexibility index (Phi) is 12.2. The number of rotatable bonds is 14. The summed E-state index contributed by atoms with van der Waals surface area (Å²) >= 11 is 0. The van der Waals surface area contributed by atoms with Gasteiger partial charge in [0.2, 0.25) is 0 Å². The minimum atomic E-state index is -0.956. The Morgan fingerprint density at radius 2 is 1.26 bits per heavy atom. The molecule has 0 unspecified atom stereocenters. The van der Waals surface area contributed by atoms with Crippen LogP contribution < -0.4 is 0 Å². The topological polar surface area (TPSA) is 18.5 Å². The molecule has 0 aliphatic carbocycles. The number of hydrogen-bond acceptors (Lipinski definition) is 2. The predicted octanol–water partition coefficient (Wildman–Crippen LogP) is 10.7. The van der Waals surface area contributed by atoms with Crippen LogP contribution in [0.15, 0.2) is 60.7 Å². The van der Waals surface area contributed by atoms with Gasteiger partial charge >= 0.3 is 0 Å². The van der Waals surface area contributed by atoms with Gasteiger partial charge in [-0.2, -0.15) is 0 Å². The van der Waals surface area contributed by atoms with Crippen molar-refractivity contribution in [1.82, 2.24) is 0 Å². The minimum absolute atomic E-state index is 0.0985. The van der Waals surface area contributed by atoms with E-state index in [9.17, 15) is 4.39 Å². The molecule has 1 fully saturated rings. The number of benzene rings is 3. The van der Waals surface area contributed by atoms with E-state index < -0.39 is 29.2 Å². The predicted molar refractivity (Wildman–Crippen MR) is 161 cm³/mol. The van der Waals surface area contributed by atoms with Crippen molar-refractivity contribution in [2.45, 2.75) is 90.3 Å².